The predicted octanol–water partition coefficient (Wildman–Crippen LogP) is 3.07. The highest BCUT2D eigenvalue weighted by Gasteiger charge is 2.34. The van der Waals surface area contributed by atoms with Crippen LogP contribution in [-0.4, -0.2) is 37.3 Å². The van der Waals surface area contributed by atoms with Crippen LogP contribution in [0.2, 0.25) is 5.02 Å². The number of anilines is 1. The Morgan fingerprint density at radius 2 is 2.03 bits per heavy atom. The third-order valence-corrected chi connectivity index (χ3v) is 6.59. The quantitative estimate of drug-likeness (QED) is 0.545. The maximum atomic E-state index is 12.4. The zero-order chi connectivity index (χ0) is 22.9. The number of aromatic nitrogens is 2. The molecule has 0 unspecified atom stereocenters. The zero-order valence-electron chi connectivity index (χ0n) is 17.4. The van der Waals surface area contributed by atoms with Crippen molar-refractivity contribution >= 4 is 33.2 Å². The van der Waals surface area contributed by atoms with Crippen LogP contribution in [-0.2, 0) is 32.5 Å². The first-order valence-corrected chi connectivity index (χ1v) is 11.9. The minimum Gasteiger partial charge on any atom is -0.380 e. The summed E-state index contributed by atoms with van der Waals surface area (Å²) in [6.45, 7) is 4.09. The summed E-state index contributed by atoms with van der Waals surface area (Å²) in [4.78, 5) is 12.4. The minimum absolute atomic E-state index is 0.0157. The normalized spacial score (nSPS) is 15.2. The third-order valence-electron chi connectivity index (χ3n) is 5.27. The van der Waals surface area contributed by atoms with E-state index >= 15 is 0 Å². The number of halogens is 1. The second kappa shape index (κ2) is 8.67. The SMILES string of the molecule is CC1(Cn2cc(-c3ccc(NC(=O)Cc4ccccc4Cl)cc3S(N)(=O)=O)cn2)COC1. The second-order valence-corrected chi connectivity index (χ2v) is 10.2. The van der Waals surface area contributed by atoms with Crippen LogP contribution in [0.4, 0.5) is 5.69 Å². The maximum absolute atomic E-state index is 12.4. The van der Waals surface area contributed by atoms with E-state index in [1.807, 2.05) is 0 Å². The first kappa shape index (κ1) is 22.5. The van der Waals surface area contributed by atoms with Crippen LogP contribution in [0.3, 0.4) is 0 Å². The summed E-state index contributed by atoms with van der Waals surface area (Å²) in [6, 6.07) is 11.6. The van der Waals surface area contributed by atoms with Crippen LogP contribution in [0.25, 0.3) is 11.1 Å². The van der Waals surface area contributed by atoms with Crippen LogP contribution in [0, 0.1) is 5.41 Å². The number of rotatable bonds is 7. The van der Waals surface area contributed by atoms with Gasteiger partial charge in [-0.2, -0.15) is 5.10 Å². The first-order valence-electron chi connectivity index (χ1n) is 9.94. The molecule has 10 heteroatoms. The lowest BCUT2D eigenvalue weighted by molar-refractivity contribution is -0.115. The van der Waals surface area contributed by atoms with E-state index in [0.717, 1.165) is 0 Å². The molecule has 168 valence electrons. The second-order valence-electron chi connectivity index (χ2n) is 8.30. The van der Waals surface area contributed by atoms with Gasteiger partial charge < -0.3 is 10.1 Å². The van der Waals surface area contributed by atoms with Gasteiger partial charge in [-0.25, -0.2) is 13.6 Å². The number of carbonyl (C=O) groups excluding carboxylic acids is 1. The number of ether oxygens (including phenoxy) is 1. The number of nitrogens with two attached hydrogens (primary N) is 1. The number of hydrogen-bond acceptors (Lipinski definition) is 5. The summed E-state index contributed by atoms with van der Waals surface area (Å²) in [6.07, 6.45) is 3.44. The van der Waals surface area contributed by atoms with Gasteiger partial charge >= 0.3 is 0 Å². The summed E-state index contributed by atoms with van der Waals surface area (Å²) in [5.41, 5.74) is 2.04. The smallest absolute Gasteiger partial charge is 0.238 e. The van der Waals surface area contributed by atoms with Crippen LogP contribution in [0.1, 0.15) is 12.5 Å². The molecular weight excluding hydrogens is 452 g/mol. The molecule has 8 nitrogen and oxygen atoms in total. The number of hydrogen-bond donors (Lipinski definition) is 2. The monoisotopic (exact) mass is 474 g/mol. The lowest BCUT2D eigenvalue weighted by Gasteiger charge is -2.37. The van der Waals surface area contributed by atoms with Gasteiger partial charge in [0.1, 0.15) is 0 Å². The molecule has 2 aromatic carbocycles. The van der Waals surface area contributed by atoms with Gasteiger partial charge in [0.2, 0.25) is 15.9 Å². The molecular formula is C22H23ClN4O4S. The molecule has 0 spiro atoms. The number of sulfonamides is 1. The van der Waals surface area contributed by atoms with Gasteiger partial charge in [-0.05, 0) is 23.8 Å². The number of benzene rings is 2. The van der Waals surface area contributed by atoms with Crippen LogP contribution < -0.4 is 10.5 Å². The van der Waals surface area contributed by atoms with Crippen molar-refractivity contribution in [3.63, 3.8) is 0 Å². The van der Waals surface area contributed by atoms with E-state index in [2.05, 4.69) is 17.3 Å². The van der Waals surface area contributed by atoms with E-state index in [4.69, 9.17) is 21.5 Å². The molecule has 0 aliphatic carbocycles. The van der Waals surface area contributed by atoms with Gasteiger partial charge in [0, 0.05) is 33.4 Å². The van der Waals surface area contributed by atoms with Crippen molar-refractivity contribution in [1.29, 1.82) is 0 Å². The Bertz CT molecular complexity index is 1270. The lowest BCUT2D eigenvalue weighted by atomic mass is 9.89. The van der Waals surface area contributed by atoms with E-state index < -0.39 is 10.0 Å². The largest absolute Gasteiger partial charge is 0.380 e. The number of primary sulfonamides is 1. The zero-order valence-corrected chi connectivity index (χ0v) is 19.0. The Balaban J connectivity index is 1.57. The molecule has 3 aromatic rings. The molecule has 0 bridgehead atoms. The average Bonchev–Trinajstić information content (AvgIpc) is 3.16. The molecule has 3 N–H and O–H groups in total. The summed E-state index contributed by atoms with van der Waals surface area (Å²) < 4.78 is 31.6. The van der Waals surface area contributed by atoms with Gasteiger partial charge in [0.15, 0.2) is 0 Å². The summed E-state index contributed by atoms with van der Waals surface area (Å²) in [7, 11) is -4.05. The van der Waals surface area contributed by atoms with Crippen molar-refractivity contribution in [2.75, 3.05) is 18.5 Å². The van der Waals surface area contributed by atoms with Gasteiger partial charge in [0.05, 0.1) is 37.3 Å². The summed E-state index contributed by atoms with van der Waals surface area (Å²) >= 11 is 6.11. The summed E-state index contributed by atoms with van der Waals surface area (Å²) in [5, 5.41) is 13.0. The van der Waals surface area contributed by atoms with E-state index in [1.165, 1.54) is 6.07 Å². The first-order chi connectivity index (χ1) is 15.1. The highest BCUT2D eigenvalue weighted by molar-refractivity contribution is 7.89. The fourth-order valence-electron chi connectivity index (χ4n) is 3.62. The molecule has 4 rings (SSSR count). The Kier molecular flexibility index (Phi) is 6.09. The lowest BCUT2D eigenvalue weighted by Crippen LogP contribution is -2.43. The van der Waals surface area contributed by atoms with Crippen molar-refractivity contribution in [3.05, 3.63) is 65.4 Å². The molecule has 2 heterocycles. The maximum Gasteiger partial charge on any atom is 0.238 e. The number of amides is 1. The van der Waals surface area contributed by atoms with Gasteiger partial charge in [0.25, 0.3) is 0 Å². The number of nitrogens with one attached hydrogen (secondary N) is 1. The van der Waals surface area contributed by atoms with Crippen LogP contribution >= 0.6 is 11.6 Å². The molecule has 1 amide bonds. The Morgan fingerprint density at radius 3 is 2.69 bits per heavy atom. The Labute approximate surface area is 191 Å². The number of nitrogens with zero attached hydrogens (tertiary/aromatic N) is 2. The fourth-order valence-corrected chi connectivity index (χ4v) is 4.60. The van der Waals surface area contributed by atoms with Gasteiger partial charge in [-0.15, -0.1) is 0 Å². The van der Waals surface area contributed by atoms with E-state index in [9.17, 15) is 13.2 Å². The Hall–Kier alpha value is -2.72. The van der Waals surface area contributed by atoms with E-state index in [0.29, 0.717) is 47.2 Å². The average molecular weight is 475 g/mol. The minimum atomic E-state index is -4.05. The topological polar surface area (TPSA) is 116 Å². The molecule has 1 fully saturated rings. The molecule has 1 aliphatic heterocycles. The highest BCUT2D eigenvalue weighted by atomic mass is 35.5. The van der Waals surface area contributed by atoms with E-state index in [1.54, 1.807) is 53.5 Å². The highest BCUT2D eigenvalue weighted by Crippen LogP contribution is 2.32. The molecule has 0 saturated carbocycles. The molecule has 32 heavy (non-hydrogen) atoms. The Morgan fingerprint density at radius 1 is 1.28 bits per heavy atom. The summed E-state index contributed by atoms with van der Waals surface area (Å²) in [5.74, 6) is -0.324. The third kappa shape index (κ3) is 5.02. The van der Waals surface area contributed by atoms with Crippen molar-refractivity contribution in [3.8, 4) is 11.1 Å². The standard InChI is InChI=1S/C22H23ClN4O4S/c1-22(13-31-14-22)12-27-11-16(10-25-27)18-7-6-17(9-20(18)32(24,29)30)26-21(28)8-15-4-2-3-5-19(15)23/h2-7,9-11H,8,12-14H2,1H3,(H,26,28)(H2,24,29,30). The van der Waals surface area contributed by atoms with Crippen molar-refractivity contribution in [2.45, 2.75) is 24.8 Å². The number of carbonyl (C=O) groups is 1. The van der Waals surface area contributed by atoms with Crippen LogP contribution in [0.15, 0.2) is 59.8 Å². The van der Waals surface area contributed by atoms with Gasteiger partial charge in [-0.1, -0.05) is 42.8 Å². The van der Waals surface area contributed by atoms with E-state index in [-0.39, 0.29) is 22.6 Å². The van der Waals surface area contributed by atoms with Crippen molar-refractivity contribution < 1.29 is 17.9 Å². The fraction of sp³-hybridized carbons (Fsp3) is 0.273. The molecule has 0 atom stereocenters. The molecule has 1 aromatic heterocycles. The van der Waals surface area contributed by atoms with Gasteiger partial charge in [-0.3, -0.25) is 9.48 Å². The van der Waals surface area contributed by atoms with Crippen molar-refractivity contribution in [1.82, 2.24) is 9.78 Å². The van der Waals surface area contributed by atoms with Crippen molar-refractivity contribution in [2.24, 2.45) is 10.6 Å². The van der Waals surface area contributed by atoms with Crippen LogP contribution in [0.5, 0.6) is 0 Å². The molecule has 1 saturated heterocycles. The predicted molar refractivity (Wildman–Crippen MR) is 122 cm³/mol. The molecule has 1 aliphatic rings. The molecule has 0 radical (unpaired) electrons.